The smallest absolute Gasteiger partial charge is 0.255 e. The predicted molar refractivity (Wildman–Crippen MR) is 82.9 cm³/mol. The lowest BCUT2D eigenvalue weighted by atomic mass is 10.2. The van der Waals surface area contributed by atoms with Crippen molar-refractivity contribution < 1.29 is 4.79 Å². The van der Waals surface area contributed by atoms with E-state index in [0.29, 0.717) is 5.56 Å². The van der Waals surface area contributed by atoms with Gasteiger partial charge in [-0.2, -0.15) is 11.8 Å². The maximum Gasteiger partial charge on any atom is 0.255 e. The lowest BCUT2D eigenvalue weighted by Gasteiger charge is -2.15. The van der Waals surface area contributed by atoms with Gasteiger partial charge in [-0.25, -0.2) is 0 Å². The molecule has 1 amide bonds. The van der Waals surface area contributed by atoms with Gasteiger partial charge in [-0.3, -0.25) is 9.78 Å². The Morgan fingerprint density at radius 3 is 2.95 bits per heavy atom. The van der Waals surface area contributed by atoms with Crippen LogP contribution < -0.4 is 10.6 Å². The maximum atomic E-state index is 12.2. The Morgan fingerprint density at radius 1 is 1.47 bits per heavy atom. The quantitative estimate of drug-likeness (QED) is 0.769. The van der Waals surface area contributed by atoms with Crippen LogP contribution in [0.25, 0.3) is 0 Å². The molecule has 0 bridgehead atoms. The number of rotatable bonds is 8. The van der Waals surface area contributed by atoms with E-state index in [2.05, 4.69) is 29.5 Å². The fourth-order valence-electron chi connectivity index (χ4n) is 1.63. The number of hydrogen-bond acceptors (Lipinski definition) is 4. The van der Waals surface area contributed by atoms with E-state index >= 15 is 0 Å². The molecule has 1 unspecified atom stereocenters. The number of aromatic nitrogens is 1. The Hall–Kier alpha value is -1.23. The summed E-state index contributed by atoms with van der Waals surface area (Å²) in [5.41, 5.74) is 1.47. The van der Waals surface area contributed by atoms with Crippen LogP contribution in [0.4, 0.5) is 5.69 Å². The third-order valence-electron chi connectivity index (χ3n) is 2.58. The van der Waals surface area contributed by atoms with E-state index in [-0.39, 0.29) is 11.9 Å². The summed E-state index contributed by atoms with van der Waals surface area (Å²) < 4.78 is 0. The summed E-state index contributed by atoms with van der Waals surface area (Å²) in [5, 5.41) is 6.26. The molecule has 4 nitrogen and oxygen atoms in total. The molecule has 1 atom stereocenters. The average Bonchev–Trinajstić information content (AvgIpc) is 2.43. The summed E-state index contributed by atoms with van der Waals surface area (Å²) in [5.74, 6) is 1.94. The van der Waals surface area contributed by atoms with Gasteiger partial charge >= 0.3 is 0 Å². The second kappa shape index (κ2) is 8.80. The normalized spacial score (nSPS) is 11.9. The summed E-state index contributed by atoms with van der Waals surface area (Å²) in [6, 6.07) is 2.01. The van der Waals surface area contributed by atoms with Crippen LogP contribution in [-0.2, 0) is 0 Å². The first kappa shape index (κ1) is 15.8. The van der Waals surface area contributed by atoms with Gasteiger partial charge in [0.05, 0.1) is 11.3 Å². The number of carbonyl (C=O) groups is 1. The number of anilines is 1. The largest absolute Gasteiger partial charge is 0.384 e. The van der Waals surface area contributed by atoms with Crippen molar-refractivity contribution in [3.05, 3.63) is 24.0 Å². The Labute approximate surface area is 119 Å². The molecule has 0 spiro atoms. The van der Waals surface area contributed by atoms with E-state index in [9.17, 15) is 4.79 Å². The van der Waals surface area contributed by atoms with Crippen molar-refractivity contribution in [2.45, 2.75) is 33.2 Å². The summed E-state index contributed by atoms with van der Waals surface area (Å²) in [7, 11) is 0. The lowest BCUT2D eigenvalue weighted by Crippen LogP contribution is -2.34. The van der Waals surface area contributed by atoms with Crippen LogP contribution in [-0.4, -0.2) is 35.0 Å². The van der Waals surface area contributed by atoms with Gasteiger partial charge < -0.3 is 10.6 Å². The van der Waals surface area contributed by atoms with Gasteiger partial charge in [0.1, 0.15) is 0 Å². The van der Waals surface area contributed by atoms with Crippen molar-refractivity contribution in [3.8, 4) is 0 Å². The molecule has 1 heterocycles. The predicted octanol–water partition coefficient (Wildman–Crippen LogP) is 2.77. The average molecular weight is 281 g/mol. The van der Waals surface area contributed by atoms with Crippen LogP contribution >= 0.6 is 11.8 Å². The molecule has 2 N–H and O–H groups in total. The van der Waals surface area contributed by atoms with Gasteiger partial charge in [0.15, 0.2) is 0 Å². The van der Waals surface area contributed by atoms with E-state index in [4.69, 9.17) is 0 Å². The number of amides is 1. The van der Waals surface area contributed by atoms with Gasteiger partial charge in [-0.05, 0) is 25.2 Å². The second-order valence-electron chi connectivity index (χ2n) is 4.38. The molecule has 0 aliphatic carbocycles. The fraction of sp³-hybridized carbons (Fsp3) is 0.571. The minimum absolute atomic E-state index is 0.0593. The zero-order chi connectivity index (χ0) is 14.1. The molecule has 1 rings (SSSR count). The Bertz CT molecular complexity index is 398. The van der Waals surface area contributed by atoms with Crippen LogP contribution in [0.15, 0.2) is 18.5 Å². The van der Waals surface area contributed by atoms with Gasteiger partial charge in [0.25, 0.3) is 5.91 Å². The first-order valence-electron chi connectivity index (χ1n) is 6.75. The van der Waals surface area contributed by atoms with Crippen molar-refractivity contribution in [1.82, 2.24) is 10.3 Å². The lowest BCUT2D eigenvalue weighted by molar-refractivity contribution is 0.0944. The SMILES string of the molecule is CCCNc1ccncc1C(=O)NC(C)CSCC. The highest BCUT2D eigenvalue weighted by atomic mass is 32.2. The van der Waals surface area contributed by atoms with Crippen LogP contribution in [0, 0.1) is 0 Å². The first-order chi connectivity index (χ1) is 9.19. The van der Waals surface area contributed by atoms with Gasteiger partial charge in [-0.1, -0.05) is 13.8 Å². The summed E-state index contributed by atoms with van der Waals surface area (Å²) >= 11 is 1.83. The van der Waals surface area contributed by atoms with Crippen LogP contribution in [0.3, 0.4) is 0 Å². The third kappa shape index (κ3) is 5.51. The molecule has 106 valence electrons. The number of thioether (sulfide) groups is 1. The van der Waals surface area contributed by atoms with Crippen molar-refractivity contribution in [2.24, 2.45) is 0 Å². The van der Waals surface area contributed by atoms with E-state index in [1.165, 1.54) is 0 Å². The highest BCUT2D eigenvalue weighted by Gasteiger charge is 2.13. The molecule has 0 saturated heterocycles. The second-order valence-corrected chi connectivity index (χ2v) is 5.70. The Kier molecular flexibility index (Phi) is 7.33. The Balaban J connectivity index is 2.65. The zero-order valence-corrected chi connectivity index (χ0v) is 12.7. The fourth-order valence-corrected chi connectivity index (χ4v) is 2.30. The minimum Gasteiger partial charge on any atom is -0.384 e. The standard InChI is InChI=1S/C14H23N3OS/c1-4-7-16-13-6-8-15-9-12(13)14(18)17-11(3)10-19-5-2/h6,8-9,11H,4-5,7,10H2,1-3H3,(H,15,16)(H,17,18). The number of hydrogen-bond donors (Lipinski definition) is 2. The molecule has 1 aromatic heterocycles. The van der Waals surface area contributed by atoms with Crippen molar-refractivity contribution in [2.75, 3.05) is 23.4 Å². The zero-order valence-electron chi connectivity index (χ0n) is 11.9. The topological polar surface area (TPSA) is 54.0 Å². The Morgan fingerprint density at radius 2 is 2.26 bits per heavy atom. The van der Waals surface area contributed by atoms with Gasteiger partial charge in [-0.15, -0.1) is 0 Å². The molecular formula is C14H23N3OS. The number of nitrogens with one attached hydrogen (secondary N) is 2. The van der Waals surface area contributed by atoms with Gasteiger partial charge in [0, 0.05) is 30.7 Å². The molecule has 0 aliphatic rings. The first-order valence-corrected chi connectivity index (χ1v) is 7.91. The van der Waals surface area contributed by atoms with Crippen LogP contribution in [0.1, 0.15) is 37.6 Å². The summed E-state index contributed by atoms with van der Waals surface area (Å²) in [6.45, 7) is 7.09. The highest BCUT2D eigenvalue weighted by Crippen LogP contribution is 2.14. The number of carbonyl (C=O) groups excluding carboxylic acids is 1. The molecule has 0 fully saturated rings. The van der Waals surface area contributed by atoms with E-state index in [1.54, 1.807) is 12.4 Å². The molecular weight excluding hydrogens is 258 g/mol. The van der Waals surface area contributed by atoms with Crippen molar-refractivity contribution >= 4 is 23.4 Å². The molecule has 0 aliphatic heterocycles. The van der Waals surface area contributed by atoms with E-state index in [0.717, 1.165) is 30.2 Å². The molecule has 5 heteroatoms. The molecule has 0 radical (unpaired) electrons. The van der Waals surface area contributed by atoms with E-state index < -0.39 is 0 Å². The van der Waals surface area contributed by atoms with Gasteiger partial charge in [0.2, 0.25) is 0 Å². The van der Waals surface area contributed by atoms with Crippen molar-refractivity contribution in [3.63, 3.8) is 0 Å². The highest BCUT2D eigenvalue weighted by molar-refractivity contribution is 7.99. The third-order valence-corrected chi connectivity index (χ3v) is 3.72. The molecule has 19 heavy (non-hydrogen) atoms. The summed E-state index contributed by atoms with van der Waals surface area (Å²) in [6.07, 6.45) is 4.34. The summed E-state index contributed by atoms with van der Waals surface area (Å²) in [4.78, 5) is 16.2. The minimum atomic E-state index is -0.0593. The van der Waals surface area contributed by atoms with Crippen LogP contribution in [0.5, 0.6) is 0 Å². The molecule has 1 aromatic rings. The monoisotopic (exact) mass is 281 g/mol. The van der Waals surface area contributed by atoms with Crippen LogP contribution in [0.2, 0.25) is 0 Å². The van der Waals surface area contributed by atoms with E-state index in [1.807, 2.05) is 24.8 Å². The van der Waals surface area contributed by atoms with Crippen molar-refractivity contribution in [1.29, 1.82) is 0 Å². The molecule has 0 aromatic carbocycles. The maximum absolute atomic E-state index is 12.2. The number of nitrogens with zero attached hydrogens (tertiary/aromatic N) is 1. The number of pyridine rings is 1. The molecule has 0 saturated carbocycles.